The molecular formula is C12H10BrNO4. The molecule has 0 fully saturated rings. The molecule has 1 rings (SSSR count). The standard InChI is InChI=1S/C12H10BrNO4/c1-17-10-4-7(3-8(6-14)12(15)16)9(13)5-11(10)18-2/h3-5H,1-2H3,(H,15,16)/b8-3+. The largest absolute Gasteiger partial charge is 0.493 e. The van der Waals surface area contributed by atoms with Gasteiger partial charge in [0.25, 0.3) is 0 Å². The van der Waals surface area contributed by atoms with Crippen molar-refractivity contribution in [3.8, 4) is 17.6 Å². The minimum absolute atomic E-state index is 0.358. The van der Waals surface area contributed by atoms with Gasteiger partial charge in [0.1, 0.15) is 11.6 Å². The molecule has 1 aromatic rings. The second kappa shape index (κ2) is 6.07. The molecule has 1 N–H and O–H groups in total. The number of aliphatic carboxylic acids is 1. The molecule has 0 heterocycles. The van der Waals surface area contributed by atoms with E-state index in [-0.39, 0.29) is 5.57 Å². The van der Waals surface area contributed by atoms with Gasteiger partial charge in [0.05, 0.1) is 14.2 Å². The summed E-state index contributed by atoms with van der Waals surface area (Å²) in [6.07, 6.45) is 1.26. The smallest absolute Gasteiger partial charge is 0.346 e. The van der Waals surface area contributed by atoms with Crippen LogP contribution in [0.25, 0.3) is 6.08 Å². The summed E-state index contributed by atoms with van der Waals surface area (Å²) in [5.74, 6) is -0.316. The summed E-state index contributed by atoms with van der Waals surface area (Å²) in [6.45, 7) is 0. The van der Waals surface area contributed by atoms with Crippen LogP contribution in [-0.2, 0) is 4.79 Å². The highest BCUT2D eigenvalue weighted by atomic mass is 79.9. The second-order valence-corrected chi connectivity index (χ2v) is 4.06. The Balaban J connectivity index is 3.35. The molecule has 0 saturated heterocycles. The zero-order valence-corrected chi connectivity index (χ0v) is 11.3. The Kier molecular flexibility index (Phi) is 4.75. The number of nitriles is 1. The number of carboxylic acid groups (broad SMARTS) is 1. The van der Waals surface area contributed by atoms with E-state index < -0.39 is 5.97 Å². The average molecular weight is 312 g/mol. The van der Waals surface area contributed by atoms with E-state index in [1.165, 1.54) is 20.3 Å². The van der Waals surface area contributed by atoms with Crippen LogP contribution in [0, 0.1) is 11.3 Å². The fourth-order valence-corrected chi connectivity index (χ4v) is 1.71. The average Bonchev–Trinajstić information content (AvgIpc) is 2.36. The van der Waals surface area contributed by atoms with Crippen molar-refractivity contribution in [2.45, 2.75) is 0 Å². The van der Waals surface area contributed by atoms with Gasteiger partial charge in [-0.1, -0.05) is 15.9 Å². The van der Waals surface area contributed by atoms with Crippen molar-refractivity contribution in [2.75, 3.05) is 14.2 Å². The maximum absolute atomic E-state index is 10.8. The van der Waals surface area contributed by atoms with Gasteiger partial charge in [-0.15, -0.1) is 0 Å². The molecule has 0 amide bonds. The summed E-state index contributed by atoms with van der Waals surface area (Å²) in [5.41, 5.74) is 0.162. The fraction of sp³-hybridized carbons (Fsp3) is 0.167. The molecule has 94 valence electrons. The lowest BCUT2D eigenvalue weighted by atomic mass is 10.1. The van der Waals surface area contributed by atoms with Gasteiger partial charge in [-0.3, -0.25) is 0 Å². The van der Waals surface area contributed by atoms with Crippen molar-refractivity contribution in [2.24, 2.45) is 0 Å². The molecule has 5 nitrogen and oxygen atoms in total. The molecule has 0 saturated carbocycles. The Morgan fingerprint density at radius 1 is 1.39 bits per heavy atom. The molecule has 0 radical (unpaired) electrons. The van der Waals surface area contributed by atoms with Gasteiger partial charge >= 0.3 is 5.97 Å². The first-order valence-corrected chi connectivity index (χ1v) is 5.59. The second-order valence-electron chi connectivity index (χ2n) is 3.20. The molecular weight excluding hydrogens is 302 g/mol. The minimum Gasteiger partial charge on any atom is -0.493 e. The number of carbonyl (C=O) groups is 1. The van der Waals surface area contributed by atoms with E-state index in [9.17, 15) is 4.79 Å². The summed E-state index contributed by atoms with van der Waals surface area (Å²) in [4.78, 5) is 10.8. The van der Waals surface area contributed by atoms with Crippen LogP contribution in [0.1, 0.15) is 5.56 Å². The van der Waals surface area contributed by atoms with Gasteiger partial charge in [-0.25, -0.2) is 4.79 Å². The van der Waals surface area contributed by atoms with Crippen LogP contribution in [0.2, 0.25) is 0 Å². The van der Waals surface area contributed by atoms with E-state index in [1.807, 2.05) is 0 Å². The number of ether oxygens (including phenoxy) is 2. The highest BCUT2D eigenvalue weighted by molar-refractivity contribution is 9.10. The Labute approximate surface area is 112 Å². The molecule has 1 aromatic carbocycles. The molecule has 6 heteroatoms. The molecule has 0 aliphatic rings. The molecule has 0 aliphatic heterocycles. The number of hydrogen-bond acceptors (Lipinski definition) is 4. The van der Waals surface area contributed by atoms with Crippen LogP contribution in [0.3, 0.4) is 0 Å². The zero-order chi connectivity index (χ0) is 13.7. The Morgan fingerprint density at radius 2 is 1.94 bits per heavy atom. The number of methoxy groups -OCH3 is 2. The van der Waals surface area contributed by atoms with Crippen molar-refractivity contribution in [1.29, 1.82) is 5.26 Å². The first-order valence-electron chi connectivity index (χ1n) is 4.80. The van der Waals surface area contributed by atoms with Crippen LogP contribution in [0.15, 0.2) is 22.2 Å². The topological polar surface area (TPSA) is 79.5 Å². The van der Waals surface area contributed by atoms with E-state index in [0.29, 0.717) is 21.5 Å². The maximum atomic E-state index is 10.8. The first-order chi connectivity index (χ1) is 8.53. The summed E-state index contributed by atoms with van der Waals surface area (Å²) >= 11 is 3.28. The Morgan fingerprint density at radius 3 is 2.39 bits per heavy atom. The van der Waals surface area contributed by atoms with Gasteiger partial charge in [-0.05, 0) is 23.8 Å². The van der Waals surface area contributed by atoms with Gasteiger partial charge in [-0.2, -0.15) is 5.26 Å². The summed E-state index contributed by atoms with van der Waals surface area (Å²) in [7, 11) is 2.97. The van der Waals surface area contributed by atoms with Gasteiger partial charge in [0.2, 0.25) is 0 Å². The van der Waals surface area contributed by atoms with Crippen LogP contribution in [-0.4, -0.2) is 25.3 Å². The third kappa shape index (κ3) is 3.02. The third-order valence-electron chi connectivity index (χ3n) is 2.15. The van der Waals surface area contributed by atoms with Crippen molar-refractivity contribution in [3.63, 3.8) is 0 Å². The lowest BCUT2D eigenvalue weighted by Crippen LogP contribution is -1.98. The van der Waals surface area contributed by atoms with E-state index in [1.54, 1.807) is 18.2 Å². The summed E-state index contributed by atoms with van der Waals surface area (Å²) < 4.78 is 10.8. The third-order valence-corrected chi connectivity index (χ3v) is 2.84. The van der Waals surface area contributed by atoms with E-state index >= 15 is 0 Å². The number of rotatable bonds is 4. The van der Waals surface area contributed by atoms with E-state index in [2.05, 4.69) is 15.9 Å². The first kappa shape index (κ1) is 14.1. The quantitative estimate of drug-likeness (QED) is 0.682. The van der Waals surface area contributed by atoms with Crippen molar-refractivity contribution in [3.05, 3.63) is 27.7 Å². The molecule has 0 aliphatic carbocycles. The van der Waals surface area contributed by atoms with Crippen molar-refractivity contribution < 1.29 is 19.4 Å². The number of carboxylic acids is 1. The number of nitrogens with zero attached hydrogens (tertiary/aromatic N) is 1. The minimum atomic E-state index is -1.28. The van der Waals surface area contributed by atoms with E-state index in [4.69, 9.17) is 19.8 Å². The zero-order valence-electron chi connectivity index (χ0n) is 9.73. The SMILES string of the molecule is COc1cc(Br)c(/C=C(\C#N)C(=O)O)cc1OC. The summed E-state index contributed by atoms with van der Waals surface area (Å²) in [5, 5.41) is 17.5. The van der Waals surface area contributed by atoms with Crippen LogP contribution in [0.4, 0.5) is 0 Å². The number of hydrogen-bond donors (Lipinski definition) is 1. The molecule has 0 spiro atoms. The Bertz CT molecular complexity index is 546. The highest BCUT2D eigenvalue weighted by Crippen LogP contribution is 2.34. The highest BCUT2D eigenvalue weighted by Gasteiger charge is 2.11. The lowest BCUT2D eigenvalue weighted by Gasteiger charge is -2.09. The monoisotopic (exact) mass is 311 g/mol. The fourth-order valence-electron chi connectivity index (χ4n) is 1.28. The van der Waals surface area contributed by atoms with Gasteiger partial charge in [0.15, 0.2) is 11.5 Å². The van der Waals surface area contributed by atoms with Gasteiger partial charge < -0.3 is 14.6 Å². The molecule has 18 heavy (non-hydrogen) atoms. The lowest BCUT2D eigenvalue weighted by molar-refractivity contribution is -0.132. The van der Waals surface area contributed by atoms with Crippen LogP contribution in [0.5, 0.6) is 11.5 Å². The predicted molar refractivity (Wildman–Crippen MR) is 68.5 cm³/mol. The number of halogens is 1. The summed E-state index contributed by atoms with van der Waals surface area (Å²) in [6, 6.07) is 4.84. The molecule has 0 unspecified atom stereocenters. The Hall–Kier alpha value is -2.00. The predicted octanol–water partition coefficient (Wildman–Crippen LogP) is 2.46. The molecule has 0 aromatic heterocycles. The van der Waals surface area contributed by atoms with Gasteiger partial charge in [0, 0.05) is 4.47 Å². The van der Waals surface area contributed by atoms with Crippen LogP contribution < -0.4 is 9.47 Å². The van der Waals surface area contributed by atoms with E-state index in [0.717, 1.165) is 0 Å². The van der Waals surface area contributed by atoms with Crippen molar-refractivity contribution in [1.82, 2.24) is 0 Å². The molecule has 0 bridgehead atoms. The normalized spacial score (nSPS) is 10.7. The van der Waals surface area contributed by atoms with Crippen molar-refractivity contribution >= 4 is 28.0 Å². The molecule has 0 atom stereocenters. The maximum Gasteiger partial charge on any atom is 0.346 e. The van der Waals surface area contributed by atoms with Crippen LogP contribution >= 0.6 is 15.9 Å². The number of benzene rings is 1.